The van der Waals surface area contributed by atoms with Gasteiger partial charge >= 0.3 is 0 Å². The molecule has 0 amide bonds. The van der Waals surface area contributed by atoms with E-state index in [0.29, 0.717) is 0 Å². The summed E-state index contributed by atoms with van der Waals surface area (Å²) in [5.74, 6) is 0. The molecule has 2 nitrogen and oxygen atoms in total. The van der Waals surface area contributed by atoms with E-state index >= 15 is 0 Å². The lowest BCUT2D eigenvalue weighted by Crippen LogP contribution is -2.24. The Morgan fingerprint density at radius 3 is 2.18 bits per heavy atom. The van der Waals surface area contributed by atoms with Crippen LogP contribution < -0.4 is 0 Å². The van der Waals surface area contributed by atoms with E-state index in [2.05, 4.69) is 25.9 Å². The van der Waals surface area contributed by atoms with Gasteiger partial charge in [0.1, 0.15) is 0 Å². The topological polar surface area (TPSA) is 17.8 Å². The largest absolute Gasteiger partial charge is 0.263 e. The normalized spacial score (nSPS) is 12.1. The Bertz CT molecular complexity index is 258. The summed E-state index contributed by atoms with van der Waals surface area (Å²) in [6.07, 6.45) is 1.68. The van der Waals surface area contributed by atoms with Crippen molar-refractivity contribution < 1.29 is 0 Å². The lowest BCUT2D eigenvalue weighted by molar-refractivity contribution is 0.348. The molecule has 0 aliphatic heterocycles. The fraction of sp³-hybridized carbons (Fsp3) is 0.625. The molecular formula is C8H13ClN2. The molecule has 0 N–H and O–H groups in total. The minimum absolute atomic E-state index is 0.0250. The van der Waals surface area contributed by atoms with Crippen LogP contribution in [0.3, 0.4) is 0 Å². The van der Waals surface area contributed by atoms with Crippen LogP contribution in [0.4, 0.5) is 0 Å². The number of halogens is 1. The third-order valence-electron chi connectivity index (χ3n) is 1.59. The Balaban J connectivity index is 3.15. The Morgan fingerprint density at radius 2 is 2.00 bits per heavy atom. The lowest BCUT2D eigenvalue weighted by Gasteiger charge is -2.21. The average Bonchev–Trinajstić information content (AvgIpc) is 2.11. The minimum atomic E-state index is 0.0250. The van der Waals surface area contributed by atoms with E-state index in [9.17, 15) is 0 Å². The first-order valence-electron chi connectivity index (χ1n) is 3.63. The van der Waals surface area contributed by atoms with Crippen molar-refractivity contribution in [3.8, 4) is 0 Å². The van der Waals surface area contributed by atoms with Gasteiger partial charge in [0.15, 0.2) is 0 Å². The predicted molar refractivity (Wildman–Crippen MR) is 47.0 cm³/mol. The quantitative estimate of drug-likeness (QED) is 0.588. The maximum absolute atomic E-state index is 5.85. The molecule has 1 aromatic heterocycles. The summed E-state index contributed by atoms with van der Waals surface area (Å²) in [4.78, 5) is 0. The summed E-state index contributed by atoms with van der Waals surface area (Å²) in [5.41, 5.74) is 1.05. The van der Waals surface area contributed by atoms with Crippen molar-refractivity contribution in [1.82, 2.24) is 9.78 Å². The molecule has 0 unspecified atom stereocenters. The van der Waals surface area contributed by atoms with Crippen LogP contribution >= 0.6 is 11.6 Å². The molecule has 0 atom stereocenters. The molecule has 0 radical (unpaired) electrons. The van der Waals surface area contributed by atoms with Crippen molar-refractivity contribution >= 4 is 11.6 Å². The van der Waals surface area contributed by atoms with Crippen LogP contribution in [0.1, 0.15) is 26.5 Å². The zero-order valence-electron chi connectivity index (χ0n) is 7.35. The maximum Gasteiger partial charge on any atom is 0.0815 e. The number of rotatable bonds is 0. The van der Waals surface area contributed by atoms with Crippen molar-refractivity contribution in [2.45, 2.75) is 33.2 Å². The molecule has 0 bridgehead atoms. The fourth-order valence-electron chi connectivity index (χ4n) is 1.07. The Hall–Kier alpha value is -0.500. The van der Waals surface area contributed by atoms with Gasteiger partial charge in [-0.1, -0.05) is 11.6 Å². The summed E-state index contributed by atoms with van der Waals surface area (Å²) >= 11 is 5.85. The number of hydrogen-bond acceptors (Lipinski definition) is 1. The van der Waals surface area contributed by atoms with Crippen LogP contribution in [-0.4, -0.2) is 9.78 Å². The molecule has 1 rings (SSSR count). The van der Waals surface area contributed by atoms with Crippen molar-refractivity contribution in [3.05, 3.63) is 16.9 Å². The zero-order valence-corrected chi connectivity index (χ0v) is 8.11. The lowest BCUT2D eigenvalue weighted by atomic mass is 10.1. The second-order valence-corrected chi connectivity index (χ2v) is 4.07. The Morgan fingerprint density at radius 1 is 1.45 bits per heavy atom. The summed E-state index contributed by atoms with van der Waals surface area (Å²) in [7, 11) is 0. The molecule has 0 aromatic carbocycles. The van der Waals surface area contributed by atoms with Gasteiger partial charge in [0.25, 0.3) is 0 Å². The van der Waals surface area contributed by atoms with E-state index in [4.69, 9.17) is 11.6 Å². The van der Waals surface area contributed by atoms with Gasteiger partial charge < -0.3 is 0 Å². The molecule has 3 heteroatoms. The molecule has 1 heterocycles. The van der Waals surface area contributed by atoms with Gasteiger partial charge in [0.2, 0.25) is 0 Å². The van der Waals surface area contributed by atoms with Gasteiger partial charge in [-0.05, 0) is 27.7 Å². The molecule has 1 aromatic rings. The van der Waals surface area contributed by atoms with Crippen LogP contribution in [0.15, 0.2) is 6.20 Å². The first-order valence-corrected chi connectivity index (χ1v) is 4.01. The predicted octanol–water partition coefficient (Wildman–Crippen LogP) is 2.60. The number of aromatic nitrogens is 2. The standard InChI is InChI=1S/C8H13ClN2/c1-6-7(9)5-10-11(6)8(2,3)4/h5H,1-4H3. The Labute approximate surface area is 72.2 Å². The number of nitrogens with zero attached hydrogens (tertiary/aromatic N) is 2. The number of hydrogen-bond donors (Lipinski definition) is 0. The van der Waals surface area contributed by atoms with Crippen LogP contribution in [0.25, 0.3) is 0 Å². The zero-order chi connectivity index (χ0) is 8.65. The van der Waals surface area contributed by atoms with Gasteiger partial charge in [0.05, 0.1) is 22.5 Å². The second-order valence-electron chi connectivity index (χ2n) is 3.66. The highest BCUT2D eigenvalue weighted by Crippen LogP contribution is 2.20. The van der Waals surface area contributed by atoms with Gasteiger partial charge in [-0.3, -0.25) is 4.68 Å². The van der Waals surface area contributed by atoms with E-state index in [1.807, 2.05) is 11.6 Å². The molecule has 11 heavy (non-hydrogen) atoms. The van der Waals surface area contributed by atoms with Crippen molar-refractivity contribution in [3.63, 3.8) is 0 Å². The summed E-state index contributed by atoms with van der Waals surface area (Å²) in [5, 5.41) is 4.91. The fourth-order valence-corrected chi connectivity index (χ4v) is 1.19. The van der Waals surface area contributed by atoms with Crippen LogP contribution in [0.2, 0.25) is 5.02 Å². The van der Waals surface area contributed by atoms with Gasteiger partial charge in [-0.2, -0.15) is 5.10 Å². The van der Waals surface area contributed by atoms with E-state index in [1.54, 1.807) is 6.20 Å². The van der Waals surface area contributed by atoms with Gasteiger partial charge in [-0.15, -0.1) is 0 Å². The average molecular weight is 173 g/mol. The summed E-state index contributed by atoms with van der Waals surface area (Å²) in [6, 6.07) is 0. The smallest absolute Gasteiger partial charge is 0.0815 e. The molecule has 0 spiro atoms. The minimum Gasteiger partial charge on any atom is -0.263 e. The Kier molecular flexibility index (Phi) is 1.97. The monoisotopic (exact) mass is 172 g/mol. The van der Waals surface area contributed by atoms with E-state index < -0.39 is 0 Å². The van der Waals surface area contributed by atoms with E-state index in [-0.39, 0.29) is 5.54 Å². The molecule has 0 aliphatic rings. The molecular weight excluding hydrogens is 160 g/mol. The first kappa shape index (κ1) is 8.60. The second kappa shape index (κ2) is 2.52. The van der Waals surface area contributed by atoms with Gasteiger partial charge in [-0.25, -0.2) is 0 Å². The first-order chi connectivity index (χ1) is 4.93. The summed E-state index contributed by atoms with van der Waals surface area (Å²) < 4.78 is 1.93. The highest BCUT2D eigenvalue weighted by molar-refractivity contribution is 6.31. The SMILES string of the molecule is Cc1c(Cl)cnn1C(C)(C)C. The van der Waals surface area contributed by atoms with Crippen LogP contribution in [0, 0.1) is 6.92 Å². The van der Waals surface area contributed by atoms with E-state index in [0.717, 1.165) is 10.7 Å². The van der Waals surface area contributed by atoms with Gasteiger partial charge in [0, 0.05) is 0 Å². The summed E-state index contributed by atoms with van der Waals surface area (Å²) in [6.45, 7) is 8.27. The van der Waals surface area contributed by atoms with Crippen molar-refractivity contribution in [2.75, 3.05) is 0 Å². The molecule has 0 saturated carbocycles. The highest BCUT2D eigenvalue weighted by atomic mass is 35.5. The molecule has 0 saturated heterocycles. The molecule has 0 fully saturated rings. The molecule has 62 valence electrons. The van der Waals surface area contributed by atoms with Crippen molar-refractivity contribution in [2.24, 2.45) is 0 Å². The van der Waals surface area contributed by atoms with E-state index in [1.165, 1.54) is 0 Å². The maximum atomic E-state index is 5.85. The van der Waals surface area contributed by atoms with Crippen molar-refractivity contribution in [1.29, 1.82) is 0 Å². The molecule has 0 aliphatic carbocycles. The highest BCUT2D eigenvalue weighted by Gasteiger charge is 2.16. The van der Waals surface area contributed by atoms with Crippen LogP contribution in [-0.2, 0) is 5.54 Å². The third kappa shape index (κ3) is 1.56. The third-order valence-corrected chi connectivity index (χ3v) is 1.96. The van der Waals surface area contributed by atoms with Crippen LogP contribution in [0.5, 0.6) is 0 Å².